The topological polar surface area (TPSA) is 60.2 Å². The van der Waals surface area contributed by atoms with Crippen molar-refractivity contribution in [1.29, 1.82) is 0 Å². The Balaban J connectivity index is 3.00. The zero-order chi connectivity index (χ0) is 11.6. The fraction of sp³-hybridized carbons (Fsp3) is 0.400. The molecular weight excluding hydrogens is 217 g/mol. The van der Waals surface area contributed by atoms with Crippen LogP contribution in [0.5, 0.6) is 0 Å². The number of aryl methyl sites for hydroxylation is 1. The van der Waals surface area contributed by atoms with Crippen molar-refractivity contribution >= 4 is 9.84 Å². The first-order valence-electron chi connectivity index (χ1n) is 4.49. The molecule has 0 aromatic heterocycles. The summed E-state index contributed by atoms with van der Waals surface area (Å²) in [6.07, 6.45) is 1.11. The third kappa shape index (κ3) is 3.60. The second kappa shape index (κ2) is 4.28. The number of benzene rings is 1. The van der Waals surface area contributed by atoms with Gasteiger partial charge in [0.1, 0.15) is 15.7 Å². The SMILES string of the molecule is Cc1ccc(F)cc1C(N)CS(C)(=O)=O. The molecule has 0 saturated heterocycles. The van der Waals surface area contributed by atoms with Crippen molar-refractivity contribution in [3.63, 3.8) is 0 Å². The van der Waals surface area contributed by atoms with Gasteiger partial charge in [-0.15, -0.1) is 0 Å². The highest BCUT2D eigenvalue weighted by Crippen LogP contribution is 2.18. The maximum Gasteiger partial charge on any atom is 0.149 e. The minimum atomic E-state index is -3.15. The lowest BCUT2D eigenvalue weighted by atomic mass is 10.0. The summed E-state index contributed by atoms with van der Waals surface area (Å²) < 4.78 is 35.0. The highest BCUT2D eigenvalue weighted by atomic mass is 32.2. The van der Waals surface area contributed by atoms with E-state index in [0.717, 1.165) is 11.8 Å². The van der Waals surface area contributed by atoms with Crippen LogP contribution in [-0.2, 0) is 9.84 Å². The van der Waals surface area contributed by atoms with E-state index in [2.05, 4.69) is 0 Å². The Labute approximate surface area is 89.0 Å². The van der Waals surface area contributed by atoms with Crippen LogP contribution < -0.4 is 5.73 Å². The third-order valence-corrected chi connectivity index (χ3v) is 3.09. The standard InChI is InChI=1S/C10H14FNO2S/c1-7-3-4-8(11)5-9(7)10(12)6-15(2,13)14/h3-5,10H,6,12H2,1-2H3. The summed E-state index contributed by atoms with van der Waals surface area (Å²) in [6, 6.07) is 3.53. The summed E-state index contributed by atoms with van der Waals surface area (Å²) in [5.41, 5.74) is 7.05. The van der Waals surface area contributed by atoms with Gasteiger partial charge in [0.2, 0.25) is 0 Å². The van der Waals surface area contributed by atoms with E-state index in [-0.39, 0.29) is 5.75 Å². The van der Waals surface area contributed by atoms with Crippen molar-refractivity contribution in [3.05, 3.63) is 35.1 Å². The van der Waals surface area contributed by atoms with E-state index >= 15 is 0 Å². The van der Waals surface area contributed by atoms with Crippen LogP contribution >= 0.6 is 0 Å². The molecule has 1 aromatic rings. The number of hydrogen-bond acceptors (Lipinski definition) is 3. The Bertz CT molecular complexity index is 456. The molecule has 0 aliphatic rings. The lowest BCUT2D eigenvalue weighted by Gasteiger charge is -2.13. The zero-order valence-electron chi connectivity index (χ0n) is 8.70. The van der Waals surface area contributed by atoms with Gasteiger partial charge in [-0.05, 0) is 30.2 Å². The summed E-state index contributed by atoms with van der Waals surface area (Å²) in [7, 11) is -3.15. The quantitative estimate of drug-likeness (QED) is 0.849. The average Bonchev–Trinajstić information content (AvgIpc) is 2.06. The molecule has 2 N–H and O–H groups in total. The molecule has 0 bridgehead atoms. The maximum absolute atomic E-state index is 12.9. The van der Waals surface area contributed by atoms with Crippen LogP contribution in [0.15, 0.2) is 18.2 Å². The lowest BCUT2D eigenvalue weighted by Crippen LogP contribution is -2.21. The summed E-state index contributed by atoms with van der Waals surface area (Å²) in [4.78, 5) is 0. The molecule has 0 saturated carbocycles. The molecular formula is C10H14FNO2S. The molecule has 0 heterocycles. The molecule has 0 amide bonds. The monoisotopic (exact) mass is 231 g/mol. The molecule has 3 nitrogen and oxygen atoms in total. The van der Waals surface area contributed by atoms with Crippen molar-refractivity contribution in [1.82, 2.24) is 0 Å². The first kappa shape index (κ1) is 12.1. The highest BCUT2D eigenvalue weighted by Gasteiger charge is 2.15. The van der Waals surface area contributed by atoms with E-state index < -0.39 is 21.7 Å². The highest BCUT2D eigenvalue weighted by molar-refractivity contribution is 7.90. The first-order chi connectivity index (χ1) is 6.79. The zero-order valence-corrected chi connectivity index (χ0v) is 9.51. The number of hydrogen-bond donors (Lipinski definition) is 1. The van der Waals surface area contributed by atoms with Crippen molar-refractivity contribution in [2.24, 2.45) is 5.73 Å². The minimum Gasteiger partial charge on any atom is -0.323 e. The van der Waals surface area contributed by atoms with Crippen LogP contribution in [-0.4, -0.2) is 20.4 Å². The molecule has 1 atom stereocenters. The van der Waals surface area contributed by atoms with Gasteiger partial charge in [-0.2, -0.15) is 0 Å². The Hall–Kier alpha value is -0.940. The predicted molar refractivity (Wildman–Crippen MR) is 57.8 cm³/mol. The summed E-state index contributed by atoms with van der Waals surface area (Å²) >= 11 is 0. The third-order valence-electron chi connectivity index (χ3n) is 2.12. The molecule has 1 unspecified atom stereocenters. The van der Waals surface area contributed by atoms with Crippen LogP contribution in [0, 0.1) is 12.7 Å². The second-order valence-electron chi connectivity index (χ2n) is 3.70. The van der Waals surface area contributed by atoms with Crippen LogP contribution in [0.25, 0.3) is 0 Å². The van der Waals surface area contributed by atoms with Crippen molar-refractivity contribution in [2.45, 2.75) is 13.0 Å². The Morgan fingerprint density at radius 2 is 2.07 bits per heavy atom. The van der Waals surface area contributed by atoms with E-state index in [1.807, 2.05) is 0 Å². The second-order valence-corrected chi connectivity index (χ2v) is 5.88. The van der Waals surface area contributed by atoms with Crippen LogP contribution in [0.4, 0.5) is 4.39 Å². The molecule has 5 heteroatoms. The van der Waals surface area contributed by atoms with E-state index in [9.17, 15) is 12.8 Å². The number of halogens is 1. The fourth-order valence-corrected chi connectivity index (χ4v) is 2.26. The van der Waals surface area contributed by atoms with Gasteiger partial charge < -0.3 is 5.73 Å². The Kier molecular flexibility index (Phi) is 3.46. The average molecular weight is 231 g/mol. The van der Waals surface area contributed by atoms with E-state index in [4.69, 9.17) is 5.73 Å². The molecule has 0 fully saturated rings. The Morgan fingerprint density at radius 3 is 2.60 bits per heavy atom. The number of nitrogens with two attached hydrogens (primary N) is 1. The fourth-order valence-electron chi connectivity index (χ4n) is 1.43. The number of rotatable bonds is 3. The molecule has 0 radical (unpaired) electrons. The summed E-state index contributed by atoms with van der Waals surface area (Å²) in [5, 5.41) is 0. The van der Waals surface area contributed by atoms with Crippen molar-refractivity contribution in [3.8, 4) is 0 Å². The summed E-state index contributed by atoms with van der Waals surface area (Å²) in [6.45, 7) is 1.77. The predicted octanol–water partition coefficient (Wildman–Crippen LogP) is 1.18. The lowest BCUT2D eigenvalue weighted by molar-refractivity contribution is 0.592. The molecule has 0 aliphatic heterocycles. The van der Waals surface area contributed by atoms with Crippen LogP contribution in [0.3, 0.4) is 0 Å². The van der Waals surface area contributed by atoms with E-state index in [0.29, 0.717) is 5.56 Å². The first-order valence-corrected chi connectivity index (χ1v) is 6.55. The van der Waals surface area contributed by atoms with Gasteiger partial charge in [0.25, 0.3) is 0 Å². The molecule has 1 rings (SSSR count). The Morgan fingerprint density at radius 1 is 1.47 bits per heavy atom. The molecule has 0 spiro atoms. The number of sulfone groups is 1. The van der Waals surface area contributed by atoms with E-state index in [1.165, 1.54) is 12.1 Å². The normalized spacial score (nSPS) is 13.9. The largest absolute Gasteiger partial charge is 0.323 e. The van der Waals surface area contributed by atoms with Gasteiger partial charge in [-0.3, -0.25) is 0 Å². The molecule has 0 aliphatic carbocycles. The molecule has 84 valence electrons. The molecule has 15 heavy (non-hydrogen) atoms. The van der Waals surface area contributed by atoms with Gasteiger partial charge in [0, 0.05) is 12.3 Å². The van der Waals surface area contributed by atoms with Gasteiger partial charge in [0.15, 0.2) is 0 Å². The van der Waals surface area contributed by atoms with Gasteiger partial charge in [-0.1, -0.05) is 6.07 Å². The van der Waals surface area contributed by atoms with Gasteiger partial charge in [0.05, 0.1) is 5.75 Å². The van der Waals surface area contributed by atoms with Crippen molar-refractivity contribution in [2.75, 3.05) is 12.0 Å². The van der Waals surface area contributed by atoms with Crippen LogP contribution in [0.2, 0.25) is 0 Å². The van der Waals surface area contributed by atoms with Crippen LogP contribution in [0.1, 0.15) is 17.2 Å². The summed E-state index contributed by atoms with van der Waals surface area (Å²) in [5.74, 6) is -0.573. The van der Waals surface area contributed by atoms with Crippen molar-refractivity contribution < 1.29 is 12.8 Å². The molecule has 1 aromatic carbocycles. The van der Waals surface area contributed by atoms with Gasteiger partial charge >= 0.3 is 0 Å². The maximum atomic E-state index is 12.9. The van der Waals surface area contributed by atoms with Gasteiger partial charge in [-0.25, -0.2) is 12.8 Å². The van der Waals surface area contributed by atoms with E-state index in [1.54, 1.807) is 13.0 Å². The smallest absolute Gasteiger partial charge is 0.149 e. The minimum absolute atomic E-state index is 0.169.